The van der Waals surface area contributed by atoms with Crippen molar-refractivity contribution in [3.8, 4) is 11.5 Å². The Bertz CT molecular complexity index is 1000. The maximum Gasteiger partial charge on any atom is 0.258 e. The molecule has 30 heavy (non-hydrogen) atoms. The average molecular weight is 405 g/mol. The third kappa shape index (κ3) is 5.20. The second kappa shape index (κ2) is 9.48. The van der Waals surface area contributed by atoms with Crippen LogP contribution in [0.3, 0.4) is 0 Å². The van der Waals surface area contributed by atoms with E-state index in [1.165, 1.54) is 0 Å². The fraction of sp³-hybridized carbons (Fsp3) is 0.333. The lowest BCUT2D eigenvalue weighted by Crippen LogP contribution is -2.42. The summed E-state index contributed by atoms with van der Waals surface area (Å²) in [5.41, 5.74) is 1.000. The van der Waals surface area contributed by atoms with Gasteiger partial charge in [0.25, 0.3) is 5.91 Å². The summed E-state index contributed by atoms with van der Waals surface area (Å²) in [5, 5.41) is 7.78. The second-order valence-electron chi connectivity index (χ2n) is 7.62. The molecule has 0 atom stereocenters. The van der Waals surface area contributed by atoms with Gasteiger partial charge in [0.05, 0.1) is 12.6 Å². The van der Waals surface area contributed by atoms with Crippen LogP contribution >= 0.6 is 0 Å². The Morgan fingerprint density at radius 2 is 1.73 bits per heavy atom. The van der Waals surface area contributed by atoms with Crippen LogP contribution in [0.5, 0.6) is 11.5 Å². The molecule has 4 rings (SSSR count). The van der Waals surface area contributed by atoms with Crippen molar-refractivity contribution in [3.63, 3.8) is 0 Å². The van der Waals surface area contributed by atoms with Crippen LogP contribution in [0.4, 0.5) is 5.82 Å². The van der Waals surface area contributed by atoms with Crippen LogP contribution in [0, 0.1) is 0 Å². The molecule has 0 radical (unpaired) electrons. The number of pyridine rings is 1. The molecule has 1 aliphatic carbocycles. The lowest BCUT2D eigenvalue weighted by molar-refractivity contribution is -0.124. The zero-order chi connectivity index (χ0) is 20.8. The fourth-order valence-electron chi connectivity index (χ4n) is 3.85. The Hall–Kier alpha value is -3.28. The van der Waals surface area contributed by atoms with Crippen LogP contribution < -0.4 is 20.1 Å². The van der Waals surface area contributed by atoms with Crippen molar-refractivity contribution in [2.45, 2.75) is 37.8 Å². The summed E-state index contributed by atoms with van der Waals surface area (Å²) >= 11 is 0. The fourth-order valence-corrected chi connectivity index (χ4v) is 3.85. The van der Waals surface area contributed by atoms with Gasteiger partial charge in [-0.05, 0) is 56.0 Å². The number of ether oxygens (including phenoxy) is 2. The van der Waals surface area contributed by atoms with Crippen molar-refractivity contribution >= 4 is 22.6 Å². The molecule has 1 saturated carbocycles. The number of benzene rings is 2. The van der Waals surface area contributed by atoms with Crippen molar-refractivity contribution in [3.05, 3.63) is 60.7 Å². The van der Waals surface area contributed by atoms with E-state index in [0.717, 1.165) is 42.4 Å². The number of anilines is 1. The Kier molecular flexibility index (Phi) is 6.32. The summed E-state index contributed by atoms with van der Waals surface area (Å²) in [6.45, 7) is 0.00631. The van der Waals surface area contributed by atoms with E-state index in [4.69, 9.17) is 14.5 Å². The minimum atomic E-state index is -0.0922. The first-order valence-electron chi connectivity index (χ1n) is 10.4. The molecule has 1 amide bonds. The summed E-state index contributed by atoms with van der Waals surface area (Å²) in [6, 6.07) is 20.1. The van der Waals surface area contributed by atoms with E-state index in [1.807, 2.05) is 42.5 Å². The number of para-hydroxylation sites is 1. The monoisotopic (exact) mass is 405 g/mol. The lowest BCUT2D eigenvalue weighted by atomic mass is 9.91. The number of amides is 1. The van der Waals surface area contributed by atoms with Gasteiger partial charge in [0.1, 0.15) is 17.3 Å². The normalized spacial score (nSPS) is 18.6. The molecular formula is C24H27N3O3. The minimum Gasteiger partial charge on any atom is -0.497 e. The third-order valence-electron chi connectivity index (χ3n) is 5.45. The van der Waals surface area contributed by atoms with Gasteiger partial charge in [0, 0.05) is 23.5 Å². The molecule has 0 unspecified atom stereocenters. The van der Waals surface area contributed by atoms with Crippen molar-refractivity contribution < 1.29 is 14.3 Å². The highest BCUT2D eigenvalue weighted by Crippen LogP contribution is 2.23. The highest BCUT2D eigenvalue weighted by Gasteiger charge is 2.22. The number of rotatable bonds is 7. The van der Waals surface area contributed by atoms with Crippen molar-refractivity contribution in [2.24, 2.45) is 0 Å². The van der Waals surface area contributed by atoms with E-state index in [9.17, 15) is 4.79 Å². The first-order chi connectivity index (χ1) is 14.7. The van der Waals surface area contributed by atoms with Gasteiger partial charge in [-0.2, -0.15) is 0 Å². The molecular weight excluding hydrogens is 378 g/mol. The number of carbonyl (C=O) groups is 1. The number of carbonyl (C=O) groups excluding carboxylic acids is 1. The van der Waals surface area contributed by atoms with Gasteiger partial charge in [-0.25, -0.2) is 4.98 Å². The number of methoxy groups -OCH3 is 1. The van der Waals surface area contributed by atoms with Crippen LogP contribution in [0.25, 0.3) is 10.9 Å². The maximum atomic E-state index is 12.2. The Labute approximate surface area is 176 Å². The highest BCUT2D eigenvalue weighted by molar-refractivity contribution is 5.80. The van der Waals surface area contributed by atoms with E-state index in [2.05, 4.69) is 22.8 Å². The SMILES string of the molecule is COc1cccc(OCC(=O)NC2CCC(Nc3ccc4ccccc4n3)CC2)c1. The molecule has 3 aromatic rings. The smallest absolute Gasteiger partial charge is 0.258 e. The van der Waals surface area contributed by atoms with Crippen LogP contribution in [0.15, 0.2) is 60.7 Å². The van der Waals surface area contributed by atoms with Gasteiger partial charge >= 0.3 is 0 Å². The van der Waals surface area contributed by atoms with E-state index in [1.54, 1.807) is 13.2 Å². The Morgan fingerprint density at radius 3 is 2.57 bits per heavy atom. The summed E-state index contributed by atoms with van der Waals surface area (Å²) in [6.07, 6.45) is 3.87. The summed E-state index contributed by atoms with van der Waals surface area (Å²) < 4.78 is 10.7. The molecule has 0 aliphatic heterocycles. The van der Waals surface area contributed by atoms with Gasteiger partial charge in [-0.1, -0.05) is 24.3 Å². The van der Waals surface area contributed by atoms with E-state index < -0.39 is 0 Å². The first kappa shape index (κ1) is 20.0. The first-order valence-corrected chi connectivity index (χ1v) is 10.4. The van der Waals surface area contributed by atoms with Gasteiger partial charge < -0.3 is 20.1 Å². The maximum absolute atomic E-state index is 12.2. The van der Waals surface area contributed by atoms with E-state index in [-0.39, 0.29) is 18.6 Å². The number of hydrogen-bond donors (Lipinski definition) is 2. The van der Waals surface area contributed by atoms with Crippen molar-refractivity contribution in [2.75, 3.05) is 19.0 Å². The van der Waals surface area contributed by atoms with Crippen LogP contribution in [0.1, 0.15) is 25.7 Å². The molecule has 1 fully saturated rings. The Balaban J connectivity index is 1.21. The zero-order valence-corrected chi connectivity index (χ0v) is 17.1. The molecule has 6 nitrogen and oxygen atoms in total. The highest BCUT2D eigenvalue weighted by atomic mass is 16.5. The number of fused-ring (bicyclic) bond motifs is 1. The van der Waals surface area contributed by atoms with Crippen LogP contribution in [0.2, 0.25) is 0 Å². The van der Waals surface area contributed by atoms with Crippen LogP contribution in [-0.2, 0) is 4.79 Å². The van der Waals surface area contributed by atoms with E-state index in [0.29, 0.717) is 17.5 Å². The van der Waals surface area contributed by atoms with Gasteiger partial charge in [-0.15, -0.1) is 0 Å². The number of hydrogen-bond acceptors (Lipinski definition) is 5. The van der Waals surface area contributed by atoms with Crippen LogP contribution in [-0.4, -0.2) is 36.7 Å². The number of aromatic nitrogens is 1. The van der Waals surface area contributed by atoms with Crippen molar-refractivity contribution in [1.82, 2.24) is 10.3 Å². The quantitative estimate of drug-likeness (QED) is 0.617. The van der Waals surface area contributed by atoms with Gasteiger partial charge in [-0.3, -0.25) is 4.79 Å². The summed E-state index contributed by atoms with van der Waals surface area (Å²) in [4.78, 5) is 16.9. The molecule has 1 aromatic heterocycles. The average Bonchev–Trinajstić information content (AvgIpc) is 2.79. The third-order valence-corrected chi connectivity index (χ3v) is 5.45. The molecule has 156 valence electrons. The van der Waals surface area contributed by atoms with Gasteiger partial charge in [0.15, 0.2) is 6.61 Å². The predicted molar refractivity (Wildman–Crippen MR) is 118 cm³/mol. The van der Waals surface area contributed by atoms with Crippen molar-refractivity contribution in [1.29, 1.82) is 0 Å². The topological polar surface area (TPSA) is 72.5 Å². The lowest BCUT2D eigenvalue weighted by Gasteiger charge is -2.30. The molecule has 6 heteroatoms. The number of nitrogens with one attached hydrogen (secondary N) is 2. The van der Waals surface area contributed by atoms with Gasteiger partial charge in [0.2, 0.25) is 0 Å². The molecule has 0 spiro atoms. The predicted octanol–water partition coefficient (Wildman–Crippen LogP) is 4.16. The zero-order valence-electron chi connectivity index (χ0n) is 17.1. The molecule has 0 bridgehead atoms. The number of nitrogens with zero attached hydrogens (tertiary/aromatic N) is 1. The summed E-state index contributed by atoms with van der Waals surface area (Å²) in [5.74, 6) is 2.15. The largest absolute Gasteiger partial charge is 0.497 e. The molecule has 1 aliphatic rings. The minimum absolute atomic E-state index is 0.00631. The molecule has 2 N–H and O–H groups in total. The molecule has 0 saturated heterocycles. The molecule has 1 heterocycles. The summed E-state index contributed by atoms with van der Waals surface area (Å²) in [7, 11) is 1.60. The second-order valence-corrected chi connectivity index (χ2v) is 7.62. The Morgan fingerprint density at radius 1 is 0.967 bits per heavy atom. The standard InChI is InChI=1S/C24H27N3O3/c1-29-20-6-4-7-21(15-20)30-16-24(28)26-19-12-10-18(11-13-19)25-23-14-9-17-5-2-3-8-22(17)27-23/h2-9,14-15,18-19H,10-13,16H2,1H3,(H,25,27)(H,26,28). The molecule has 2 aromatic carbocycles. The van der Waals surface area contributed by atoms with E-state index >= 15 is 0 Å².